The van der Waals surface area contributed by atoms with Gasteiger partial charge in [-0.2, -0.15) is 4.31 Å². The van der Waals surface area contributed by atoms with Crippen molar-refractivity contribution in [1.82, 2.24) is 9.21 Å². The van der Waals surface area contributed by atoms with Gasteiger partial charge in [0.1, 0.15) is 4.90 Å². The summed E-state index contributed by atoms with van der Waals surface area (Å²) >= 11 is 9.36. The third-order valence-electron chi connectivity index (χ3n) is 5.30. The van der Waals surface area contributed by atoms with Crippen molar-refractivity contribution in [3.05, 3.63) is 21.6 Å². The molecular formula is C18H24BrClN2O4S. The van der Waals surface area contributed by atoms with E-state index in [2.05, 4.69) is 15.9 Å². The molecule has 1 aromatic carbocycles. The van der Waals surface area contributed by atoms with Crippen LogP contribution in [0.5, 0.6) is 5.75 Å². The van der Waals surface area contributed by atoms with Crippen molar-refractivity contribution >= 4 is 43.5 Å². The highest BCUT2D eigenvalue weighted by Gasteiger charge is 2.34. The smallest absolute Gasteiger partial charge is 0.246 e. The number of hydrogen-bond donors (Lipinski definition) is 0. The lowest BCUT2D eigenvalue weighted by atomic mass is 9.88. The van der Waals surface area contributed by atoms with E-state index in [1.807, 2.05) is 4.90 Å². The lowest BCUT2D eigenvalue weighted by molar-refractivity contribution is -0.137. The van der Waals surface area contributed by atoms with Gasteiger partial charge in [0, 0.05) is 37.1 Å². The molecule has 3 rings (SSSR count). The van der Waals surface area contributed by atoms with Crippen molar-refractivity contribution in [2.24, 2.45) is 5.92 Å². The number of amides is 1. The summed E-state index contributed by atoms with van der Waals surface area (Å²) in [4.78, 5) is 14.5. The van der Waals surface area contributed by atoms with Crippen molar-refractivity contribution < 1.29 is 17.9 Å². The molecule has 0 aromatic heterocycles. The van der Waals surface area contributed by atoms with Crippen molar-refractivity contribution in [2.45, 2.75) is 37.0 Å². The maximum absolute atomic E-state index is 13.1. The lowest BCUT2D eigenvalue weighted by Crippen LogP contribution is -2.52. The number of carbonyl (C=O) groups is 1. The van der Waals surface area contributed by atoms with Gasteiger partial charge in [-0.25, -0.2) is 8.42 Å². The number of nitrogens with zero attached hydrogens (tertiary/aromatic N) is 2. The standard InChI is InChI=1S/C18H24BrClN2O4S/c1-26-17-15(19)11-14(20)12-16(17)27(24,25)22-9-7-21(8-10-22)18(23)13-5-3-2-4-6-13/h11-13H,2-10H2,1H3. The van der Waals surface area contributed by atoms with Crippen LogP contribution in [0, 0.1) is 5.92 Å². The predicted octanol–water partition coefficient (Wildman–Crippen LogP) is 3.52. The Bertz CT molecular complexity index is 804. The topological polar surface area (TPSA) is 66.9 Å². The zero-order valence-electron chi connectivity index (χ0n) is 15.3. The Morgan fingerprint density at radius 3 is 2.37 bits per heavy atom. The maximum atomic E-state index is 13.1. The van der Waals surface area contributed by atoms with Crippen LogP contribution in [0.25, 0.3) is 0 Å². The van der Waals surface area contributed by atoms with Gasteiger partial charge in [0.25, 0.3) is 0 Å². The minimum Gasteiger partial charge on any atom is -0.494 e. The molecule has 2 fully saturated rings. The molecule has 0 atom stereocenters. The zero-order chi connectivity index (χ0) is 19.6. The maximum Gasteiger partial charge on any atom is 0.246 e. The van der Waals surface area contributed by atoms with Crippen LogP contribution in [0.3, 0.4) is 0 Å². The van der Waals surface area contributed by atoms with Gasteiger partial charge in [-0.05, 0) is 40.9 Å². The molecule has 0 radical (unpaired) electrons. The number of halogens is 2. The number of ether oxygens (including phenoxy) is 1. The first-order valence-electron chi connectivity index (χ1n) is 9.16. The van der Waals surface area contributed by atoms with Crippen molar-refractivity contribution in [2.75, 3.05) is 33.3 Å². The second kappa shape index (κ2) is 8.68. The van der Waals surface area contributed by atoms with Crippen LogP contribution in [0.1, 0.15) is 32.1 Å². The summed E-state index contributed by atoms with van der Waals surface area (Å²) in [6, 6.07) is 3.00. The number of hydrogen-bond acceptors (Lipinski definition) is 4. The van der Waals surface area contributed by atoms with E-state index in [0.29, 0.717) is 22.6 Å². The molecule has 0 N–H and O–H groups in total. The third-order valence-corrected chi connectivity index (χ3v) is 8.01. The fraction of sp³-hybridized carbons (Fsp3) is 0.611. The average molecular weight is 480 g/mol. The second-order valence-corrected chi connectivity index (χ2v) is 10.2. The molecule has 1 aromatic rings. The van der Waals surface area contributed by atoms with Gasteiger partial charge in [0.05, 0.1) is 11.6 Å². The fourth-order valence-electron chi connectivity index (χ4n) is 3.82. The summed E-state index contributed by atoms with van der Waals surface area (Å²) in [5, 5.41) is 0.312. The monoisotopic (exact) mass is 478 g/mol. The van der Waals surface area contributed by atoms with Crippen LogP contribution in [-0.2, 0) is 14.8 Å². The van der Waals surface area contributed by atoms with E-state index in [1.165, 1.54) is 23.9 Å². The van der Waals surface area contributed by atoms with Crippen LogP contribution < -0.4 is 4.74 Å². The molecule has 150 valence electrons. The molecule has 1 amide bonds. The summed E-state index contributed by atoms with van der Waals surface area (Å²) in [5.41, 5.74) is 0. The van der Waals surface area contributed by atoms with E-state index in [-0.39, 0.29) is 35.6 Å². The van der Waals surface area contributed by atoms with Crippen molar-refractivity contribution in [3.63, 3.8) is 0 Å². The molecular weight excluding hydrogens is 456 g/mol. The molecule has 1 aliphatic heterocycles. The average Bonchev–Trinajstić information content (AvgIpc) is 2.67. The summed E-state index contributed by atoms with van der Waals surface area (Å²) in [6.45, 7) is 1.37. The van der Waals surface area contributed by atoms with Gasteiger partial charge in [0.15, 0.2) is 5.75 Å². The quantitative estimate of drug-likeness (QED) is 0.663. The van der Waals surface area contributed by atoms with E-state index in [4.69, 9.17) is 16.3 Å². The van der Waals surface area contributed by atoms with Crippen LogP contribution in [0.2, 0.25) is 5.02 Å². The minimum absolute atomic E-state index is 0.0384. The predicted molar refractivity (Wildman–Crippen MR) is 108 cm³/mol. The molecule has 0 unspecified atom stereocenters. The van der Waals surface area contributed by atoms with Crippen molar-refractivity contribution in [3.8, 4) is 5.75 Å². The lowest BCUT2D eigenvalue weighted by Gasteiger charge is -2.36. The van der Waals surface area contributed by atoms with E-state index in [9.17, 15) is 13.2 Å². The van der Waals surface area contributed by atoms with Gasteiger partial charge in [0.2, 0.25) is 15.9 Å². The fourth-order valence-corrected chi connectivity index (χ4v) is 6.62. The number of carbonyl (C=O) groups excluding carboxylic acids is 1. The molecule has 1 saturated heterocycles. The summed E-state index contributed by atoms with van der Waals surface area (Å²) in [6.07, 6.45) is 5.31. The van der Waals surface area contributed by atoms with E-state index < -0.39 is 10.0 Å². The first-order chi connectivity index (χ1) is 12.8. The highest BCUT2D eigenvalue weighted by atomic mass is 79.9. The molecule has 9 heteroatoms. The SMILES string of the molecule is COc1c(Br)cc(Cl)cc1S(=O)(=O)N1CCN(C(=O)C2CCCCC2)CC1. The van der Waals surface area contributed by atoms with Crippen LogP contribution in [0.4, 0.5) is 0 Å². The Labute approximate surface area is 174 Å². The number of benzene rings is 1. The molecule has 2 aliphatic rings. The van der Waals surface area contributed by atoms with Gasteiger partial charge < -0.3 is 9.64 Å². The van der Waals surface area contributed by atoms with E-state index >= 15 is 0 Å². The number of piperazine rings is 1. The normalized spacial score (nSPS) is 19.9. The third kappa shape index (κ3) is 4.44. The molecule has 27 heavy (non-hydrogen) atoms. The van der Waals surface area contributed by atoms with Crippen LogP contribution >= 0.6 is 27.5 Å². The van der Waals surface area contributed by atoms with E-state index in [0.717, 1.165) is 25.7 Å². The minimum atomic E-state index is -3.77. The van der Waals surface area contributed by atoms with Crippen molar-refractivity contribution in [1.29, 1.82) is 0 Å². The summed E-state index contributed by atoms with van der Waals surface area (Å²) in [7, 11) is -2.34. The Kier molecular flexibility index (Phi) is 6.71. The summed E-state index contributed by atoms with van der Waals surface area (Å²) in [5.74, 6) is 0.515. The van der Waals surface area contributed by atoms with Crippen LogP contribution in [0.15, 0.2) is 21.5 Å². The molecule has 1 aliphatic carbocycles. The second-order valence-electron chi connectivity index (χ2n) is 6.98. The Hall–Kier alpha value is -0.830. The Balaban J connectivity index is 1.73. The Morgan fingerprint density at radius 2 is 1.78 bits per heavy atom. The zero-order valence-corrected chi connectivity index (χ0v) is 18.4. The highest BCUT2D eigenvalue weighted by Crippen LogP contribution is 2.37. The number of rotatable bonds is 4. The molecule has 0 spiro atoms. The van der Waals surface area contributed by atoms with Gasteiger partial charge in [-0.15, -0.1) is 0 Å². The Morgan fingerprint density at radius 1 is 1.15 bits per heavy atom. The molecule has 6 nitrogen and oxygen atoms in total. The molecule has 0 bridgehead atoms. The number of methoxy groups -OCH3 is 1. The first-order valence-corrected chi connectivity index (χ1v) is 11.8. The largest absolute Gasteiger partial charge is 0.494 e. The first kappa shape index (κ1) is 20.9. The molecule has 1 heterocycles. The summed E-state index contributed by atoms with van der Waals surface area (Å²) < 4.78 is 33.4. The van der Waals surface area contributed by atoms with Gasteiger partial charge in [-0.3, -0.25) is 4.79 Å². The van der Waals surface area contributed by atoms with Crippen LogP contribution in [-0.4, -0.2) is 56.8 Å². The van der Waals surface area contributed by atoms with Gasteiger partial charge in [-0.1, -0.05) is 30.9 Å². The highest BCUT2D eigenvalue weighted by molar-refractivity contribution is 9.10. The molecule has 1 saturated carbocycles. The van der Waals surface area contributed by atoms with Gasteiger partial charge >= 0.3 is 0 Å². The van der Waals surface area contributed by atoms with E-state index in [1.54, 1.807) is 6.07 Å². The number of sulfonamides is 1.